The zero-order chi connectivity index (χ0) is 23.8. The van der Waals surface area contributed by atoms with Crippen LogP contribution in [0.15, 0.2) is 0 Å². The molecule has 1 unspecified atom stereocenters. The smallest absolute Gasteiger partial charge is 0.00388 e. The largest absolute Gasteiger partial charge is 0.328 e. The van der Waals surface area contributed by atoms with E-state index in [1.165, 1.54) is 161 Å². The van der Waals surface area contributed by atoms with Gasteiger partial charge in [0, 0.05) is 6.04 Å². The molecule has 0 spiro atoms. The Balaban J connectivity index is 3.42. The minimum absolute atomic E-state index is 0.449. The summed E-state index contributed by atoms with van der Waals surface area (Å²) in [6.07, 6.45) is 35.2. The van der Waals surface area contributed by atoms with Crippen molar-refractivity contribution >= 4 is 0 Å². The predicted octanol–water partition coefficient (Wildman–Crippen LogP) is 11.1. The van der Waals surface area contributed by atoms with E-state index >= 15 is 0 Å². The molecular weight excluding hydrogens is 386 g/mol. The fraction of sp³-hybridized carbons (Fsp3) is 1.00. The molecule has 32 heavy (non-hydrogen) atoms. The van der Waals surface area contributed by atoms with Gasteiger partial charge in [0.2, 0.25) is 0 Å². The van der Waals surface area contributed by atoms with Gasteiger partial charge in [-0.15, -0.1) is 0 Å². The van der Waals surface area contributed by atoms with Crippen molar-refractivity contribution in [3.63, 3.8) is 0 Å². The first kappa shape index (κ1) is 32.0. The molecule has 0 aliphatic rings. The van der Waals surface area contributed by atoms with E-state index in [0.717, 1.165) is 0 Å². The van der Waals surface area contributed by atoms with Gasteiger partial charge in [-0.3, -0.25) is 0 Å². The van der Waals surface area contributed by atoms with E-state index < -0.39 is 0 Å². The summed E-state index contributed by atoms with van der Waals surface area (Å²) in [6.45, 7) is 9.57. The summed E-state index contributed by atoms with van der Waals surface area (Å²) >= 11 is 0. The topological polar surface area (TPSA) is 26.0 Å². The van der Waals surface area contributed by atoms with Crippen molar-refractivity contribution in [2.24, 2.45) is 11.1 Å². The molecule has 0 aromatic carbocycles. The van der Waals surface area contributed by atoms with Crippen LogP contribution in [-0.4, -0.2) is 6.04 Å². The van der Waals surface area contributed by atoms with Crippen molar-refractivity contribution in [1.82, 2.24) is 0 Å². The lowest BCUT2D eigenvalue weighted by Crippen LogP contribution is -2.20. The lowest BCUT2D eigenvalue weighted by Gasteiger charge is -2.25. The molecule has 2 N–H and O–H groups in total. The van der Waals surface area contributed by atoms with Gasteiger partial charge in [-0.2, -0.15) is 0 Å². The highest BCUT2D eigenvalue weighted by atomic mass is 14.6. The number of hydrogen-bond acceptors (Lipinski definition) is 1. The molecule has 0 aliphatic heterocycles. The Kier molecular flexibility index (Phi) is 24.1. The molecular formula is C31H65N. The Bertz CT molecular complexity index is 348. The molecule has 0 rings (SSSR count). The van der Waals surface area contributed by atoms with E-state index in [0.29, 0.717) is 11.5 Å². The van der Waals surface area contributed by atoms with Crippen molar-refractivity contribution in [2.45, 2.75) is 194 Å². The quantitative estimate of drug-likeness (QED) is 0.130. The molecule has 1 heteroatoms. The molecule has 0 fully saturated rings. The lowest BCUT2D eigenvalue weighted by molar-refractivity contribution is 0.280. The first-order valence-corrected chi connectivity index (χ1v) is 15.3. The number of unbranched alkanes of at least 4 members (excludes halogenated alkanes) is 18. The zero-order valence-corrected chi connectivity index (χ0v) is 23.3. The Morgan fingerprint density at radius 3 is 1.12 bits per heavy atom. The van der Waals surface area contributed by atoms with E-state index in [-0.39, 0.29) is 0 Å². The molecule has 1 atom stereocenters. The van der Waals surface area contributed by atoms with Gasteiger partial charge in [0.25, 0.3) is 0 Å². The number of nitrogens with two attached hydrogens (primary N) is 1. The fourth-order valence-corrected chi connectivity index (χ4v) is 5.09. The highest BCUT2D eigenvalue weighted by Gasteiger charge is 2.16. The van der Waals surface area contributed by atoms with E-state index in [2.05, 4.69) is 27.7 Å². The molecule has 0 aromatic rings. The molecule has 0 bridgehead atoms. The summed E-state index contributed by atoms with van der Waals surface area (Å²) in [5.41, 5.74) is 6.90. The van der Waals surface area contributed by atoms with Crippen LogP contribution in [0.2, 0.25) is 0 Å². The van der Waals surface area contributed by atoms with Crippen LogP contribution >= 0.6 is 0 Å². The number of hydrogen-bond donors (Lipinski definition) is 1. The van der Waals surface area contributed by atoms with Crippen LogP contribution in [0.4, 0.5) is 0 Å². The summed E-state index contributed by atoms with van der Waals surface area (Å²) in [5, 5.41) is 0. The highest BCUT2D eigenvalue weighted by Crippen LogP contribution is 2.30. The molecule has 0 aliphatic carbocycles. The minimum Gasteiger partial charge on any atom is -0.328 e. The maximum atomic E-state index is 6.37. The summed E-state index contributed by atoms with van der Waals surface area (Å²) in [5.74, 6) is 0. The van der Waals surface area contributed by atoms with Crippen molar-refractivity contribution in [1.29, 1.82) is 0 Å². The van der Waals surface area contributed by atoms with Gasteiger partial charge in [0.05, 0.1) is 0 Å². The van der Waals surface area contributed by atoms with Gasteiger partial charge in [-0.25, -0.2) is 0 Å². The molecule has 0 heterocycles. The summed E-state index contributed by atoms with van der Waals surface area (Å²) in [6, 6.07) is 0.449. The maximum Gasteiger partial charge on any atom is 0.00388 e. The number of rotatable bonds is 26. The average Bonchev–Trinajstić information content (AvgIpc) is 2.77. The second-order valence-electron chi connectivity index (χ2n) is 11.7. The molecule has 0 radical (unpaired) electrons. The van der Waals surface area contributed by atoms with Crippen LogP contribution in [0.1, 0.15) is 188 Å². The highest BCUT2D eigenvalue weighted by molar-refractivity contribution is 4.70. The van der Waals surface area contributed by atoms with E-state index in [1.54, 1.807) is 0 Å². The van der Waals surface area contributed by atoms with Crippen molar-refractivity contribution < 1.29 is 0 Å². The van der Waals surface area contributed by atoms with Gasteiger partial charge >= 0.3 is 0 Å². The van der Waals surface area contributed by atoms with Crippen molar-refractivity contribution in [3.05, 3.63) is 0 Å². The normalized spacial score (nSPS) is 13.0. The van der Waals surface area contributed by atoms with Gasteiger partial charge in [0.15, 0.2) is 0 Å². The molecule has 0 amide bonds. The predicted molar refractivity (Wildman–Crippen MR) is 149 cm³/mol. The third-order valence-electron chi connectivity index (χ3n) is 7.56. The van der Waals surface area contributed by atoms with Crippen LogP contribution in [0, 0.1) is 5.41 Å². The van der Waals surface area contributed by atoms with E-state index in [4.69, 9.17) is 5.73 Å². The first-order chi connectivity index (χ1) is 15.5. The Morgan fingerprint density at radius 1 is 0.438 bits per heavy atom. The Labute approximate surface area is 205 Å². The van der Waals surface area contributed by atoms with Crippen LogP contribution in [0.5, 0.6) is 0 Å². The summed E-state index contributed by atoms with van der Waals surface area (Å²) in [7, 11) is 0. The molecule has 1 nitrogen and oxygen atoms in total. The standard InChI is InChI=1S/C31H65N/c1-5-7-9-11-13-14-15-16-17-19-21-24-28-31(3,4)29-25-23-27-30(32)26-22-20-18-12-10-8-6-2/h30H,5-29,32H2,1-4H3. The van der Waals surface area contributed by atoms with Gasteiger partial charge in [0.1, 0.15) is 0 Å². The average molecular weight is 452 g/mol. The van der Waals surface area contributed by atoms with Gasteiger partial charge < -0.3 is 5.73 Å². The first-order valence-electron chi connectivity index (χ1n) is 15.3. The second-order valence-corrected chi connectivity index (χ2v) is 11.7. The SMILES string of the molecule is CCCCCCCCCCCCCCC(C)(C)CCCCC(N)CCCCCCCCC. The molecule has 0 saturated carbocycles. The Hall–Kier alpha value is -0.0400. The Morgan fingerprint density at radius 2 is 0.719 bits per heavy atom. The van der Waals surface area contributed by atoms with Crippen molar-refractivity contribution in [3.8, 4) is 0 Å². The van der Waals surface area contributed by atoms with E-state index in [1.807, 2.05) is 0 Å². The summed E-state index contributed by atoms with van der Waals surface area (Å²) in [4.78, 5) is 0. The summed E-state index contributed by atoms with van der Waals surface area (Å²) < 4.78 is 0. The zero-order valence-electron chi connectivity index (χ0n) is 23.3. The van der Waals surface area contributed by atoms with Crippen LogP contribution in [-0.2, 0) is 0 Å². The van der Waals surface area contributed by atoms with Crippen molar-refractivity contribution in [2.75, 3.05) is 0 Å². The lowest BCUT2D eigenvalue weighted by atomic mass is 9.81. The van der Waals surface area contributed by atoms with E-state index in [9.17, 15) is 0 Å². The monoisotopic (exact) mass is 452 g/mol. The van der Waals surface area contributed by atoms with Crippen LogP contribution in [0.3, 0.4) is 0 Å². The third kappa shape index (κ3) is 24.6. The third-order valence-corrected chi connectivity index (χ3v) is 7.56. The van der Waals surface area contributed by atoms with Gasteiger partial charge in [-0.05, 0) is 31.1 Å². The fourth-order valence-electron chi connectivity index (χ4n) is 5.09. The minimum atomic E-state index is 0.449. The van der Waals surface area contributed by atoms with Crippen LogP contribution < -0.4 is 5.73 Å². The van der Waals surface area contributed by atoms with Crippen LogP contribution in [0.25, 0.3) is 0 Å². The van der Waals surface area contributed by atoms with Gasteiger partial charge in [-0.1, -0.05) is 163 Å². The molecule has 0 aromatic heterocycles. The second kappa shape index (κ2) is 24.1. The molecule has 194 valence electrons. The molecule has 0 saturated heterocycles. The maximum absolute atomic E-state index is 6.37.